The normalized spacial score (nSPS) is 10.8. The summed E-state index contributed by atoms with van der Waals surface area (Å²) in [7, 11) is 0. The Labute approximate surface area is 114 Å². The van der Waals surface area contributed by atoms with Gasteiger partial charge in [0.05, 0.1) is 6.61 Å². The van der Waals surface area contributed by atoms with Gasteiger partial charge < -0.3 is 10.2 Å². The Balaban J connectivity index is 2.26. The lowest BCUT2D eigenvalue weighted by Crippen LogP contribution is -2.27. The number of hydrogen-bond donors (Lipinski definition) is 2. The molecule has 0 aliphatic rings. The third-order valence-electron chi connectivity index (χ3n) is 3.03. The first-order chi connectivity index (χ1) is 9.22. The molecule has 0 aliphatic heterocycles. The second-order valence-electron chi connectivity index (χ2n) is 4.69. The van der Waals surface area contributed by atoms with E-state index in [0.29, 0.717) is 6.54 Å². The van der Waals surface area contributed by atoms with Crippen LogP contribution in [0.2, 0.25) is 0 Å². The van der Waals surface area contributed by atoms with Crippen molar-refractivity contribution in [3.05, 3.63) is 35.9 Å². The zero-order valence-corrected chi connectivity index (χ0v) is 11.3. The van der Waals surface area contributed by atoms with Gasteiger partial charge >= 0.3 is 5.97 Å². The summed E-state index contributed by atoms with van der Waals surface area (Å²) in [4.78, 5) is 12.6. The molecular formula is C15H23NO3. The lowest BCUT2D eigenvalue weighted by atomic mass is 10.1. The Morgan fingerprint density at radius 3 is 2.42 bits per heavy atom. The van der Waals surface area contributed by atoms with E-state index >= 15 is 0 Å². The zero-order valence-electron chi connectivity index (χ0n) is 11.3. The van der Waals surface area contributed by atoms with Crippen LogP contribution in [-0.2, 0) is 11.3 Å². The third kappa shape index (κ3) is 7.59. The SMILES string of the molecule is O=C(O)CCCCCN(CCO)Cc1ccccc1. The number of carboxylic acid groups (broad SMARTS) is 1. The maximum atomic E-state index is 10.4. The summed E-state index contributed by atoms with van der Waals surface area (Å²) in [6.07, 6.45) is 2.87. The van der Waals surface area contributed by atoms with Crippen LogP contribution in [0.15, 0.2) is 30.3 Å². The average molecular weight is 265 g/mol. The van der Waals surface area contributed by atoms with Gasteiger partial charge in [0.2, 0.25) is 0 Å². The highest BCUT2D eigenvalue weighted by Gasteiger charge is 2.05. The maximum absolute atomic E-state index is 10.4. The number of hydrogen-bond acceptors (Lipinski definition) is 3. The van der Waals surface area contributed by atoms with Crippen LogP contribution in [0.1, 0.15) is 31.2 Å². The summed E-state index contributed by atoms with van der Waals surface area (Å²) in [6.45, 7) is 2.55. The number of nitrogens with zero attached hydrogens (tertiary/aromatic N) is 1. The lowest BCUT2D eigenvalue weighted by molar-refractivity contribution is -0.137. The minimum absolute atomic E-state index is 0.155. The molecule has 0 saturated heterocycles. The standard InChI is InChI=1S/C15H23NO3/c17-12-11-16(10-6-2-5-9-15(18)19)13-14-7-3-1-4-8-14/h1,3-4,7-8,17H,2,5-6,9-13H2,(H,18,19). The molecule has 19 heavy (non-hydrogen) atoms. The number of rotatable bonds is 10. The molecule has 0 spiro atoms. The second-order valence-corrected chi connectivity index (χ2v) is 4.69. The molecule has 2 N–H and O–H groups in total. The average Bonchev–Trinajstić information content (AvgIpc) is 2.39. The Bertz CT molecular complexity index is 354. The number of carbonyl (C=O) groups is 1. The van der Waals surface area contributed by atoms with Crippen LogP contribution in [0.3, 0.4) is 0 Å². The molecule has 0 radical (unpaired) electrons. The van der Waals surface area contributed by atoms with Crippen LogP contribution >= 0.6 is 0 Å². The Morgan fingerprint density at radius 1 is 1.05 bits per heavy atom. The van der Waals surface area contributed by atoms with Crippen LogP contribution in [0.5, 0.6) is 0 Å². The molecule has 0 aromatic heterocycles. The molecule has 0 fully saturated rings. The van der Waals surface area contributed by atoms with Crippen molar-refractivity contribution in [3.63, 3.8) is 0 Å². The molecule has 4 heteroatoms. The molecule has 0 heterocycles. The predicted molar refractivity (Wildman–Crippen MR) is 74.9 cm³/mol. The quantitative estimate of drug-likeness (QED) is 0.636. The highest BCUT2D eigenvalue weighted by molar-refractivity contribution is 5.66. The fourth-order valence-electron chi connectivity index (χ4n) is 2.04. The topological polar surface area (TPSA) is 60.8 Å². The monoisotopic (exact) mass is 265 g/mol. The van der Waals surface area contributed by atoms with Crippen LogP contribution in [0.4, 0.5) is 0 Å². The first-order valence-corrected chi connectivity index (χ1v) is 6.81. The van der Waals surface area contributed by atoms with Crippen molar-refractivity contribution in [1.29, 1.82) is 0 Å². The molecule has 106 valence electrons. The van der Waals surface area contributed by atoms with E-state index in [0.717, 1.165) is 32.4 Å². The first kappa shape index (κ1) is 15.7. The molecule has 0 aliphatic carbocycles. The van der Waals surface area contributed by atoms with Gasteiger partial charge in [0.1, 0.15) is 0 Å². The van der Waals surface area contributed by atoms with E-state index in [2.05, 4.69) is 17.0 Å². The molecule has 0 unspecified atom stereocenters. The van der Waals surface area contributed by atoms with Gasteiger partial charge in [-0.25, -0.2) is 0 Å². The van der Waals surface area contributed by atoms with Gasteiger partial charge in [-0.05, 0) is 24.9 Å². The van der Waals surface area contributed by atoms with E-state index in [4.69, 9.17) is 10.2 Å². The van der Waals surface area contributed by atoms with Crippen LogP contribution in [0, 0.1) is 0 Å². The molecule has 0 saturated carbocycles. The van der Waals surface area contributed by atoms with Crippen molar-refractivity contribution in [2.45, 2.75) is 32.2 Å². The predicted octanol–water partition coefficient (Wildman–Crippen LogP) is 2.13. The third-order valence-corrected chi connectivity index (χ3v) is 3.03. The maximum Gasteiger partial charge on any atom is 0.303 e. The van der Waals surface area contributed by atoms with Crippen LogP contribution in [-0.4, -0.2) is 40.8 Å². The van der Waals surface area contributed by atoms with Gasteiger partial charge in [-0.2, -0.15) is 0 Å². The van der Waals surface area contributed by atoms with Crippen LogP contribution in [0.25, 0.3) is 0 Å². The van der Waals surface area contributed by atoms with Gasteiger partial charge in [-0.1, -0.05) is 36.8 Å². The van der Waals surface area contributed by atoms with Gasteiger partial charge in [-0.15, -0.1) is 0 Å². The Hall–Kier alpha value is -1.39. The Kier molecular flexibility index (Phi) is 7.86. The summed E-state index contributed by atoms with van der Waals surface area (Å²) in [6, 6.07) is 10.2. The summed E-state index contributed by atoms with van der Waals surface area (Å²) in [5.41, 5.74) is 1.24. The summed E-state index contributed by atoms with van der Waals surface area (Å²) < 4.78 is 0. The van der Waals surface area contributed by atoms with Crippen molar-refractivity contribution >= 4 is 5.97 Å². The Morgan fingerprint density at radius 2 is 1.79 bits per heavy atom. The summed E-state index contributed by atoms with van der Waals surface area (Å²) in [5, 5.41) is 17.6. The number of aliphatic hydroxyl groups excluding tert-OH is 1. The van der Waals surface area contributed by atoms with Gasteiger partial charge in [0.25, 0.3) is 0 Å². The minimum Gasteiger partial charge on any atom is -0.481 e. The van der Waals surface area contributed by atoms with Crippen molar-refractivity contribution in [2.75, 3.05) is 19.7 Å². The molecule has 0 atom stereocenters. The fraction of sp³-hybridized carbons (Fsp3) is 0.533. The van der Waals surface area contributed by atoms with Crippen molar-refractivity contribution in [3.8, 4) is 0 Å². The van der Waals surface area contributed by atoms with Gasteiger partial charge in [0.15, 0.2) is 0 Å². The molecule has 4 nitrogen and oxygen atoms in total. The van der Waals surface area contributed by atoms with E-state index in [1.54, 1.807) is 0 Å². The van der Waals surface area contributed by atoms with Crippen molar-refractivity contribution in [2.24, 2.45) is 0 Å². The highest BCUT2D eigenvalue weighted by atomic mass is 16.4. The summed E-state index contributed by atoms with van der Waals surface area (Å²) >= 11 is 0. The fourth-order valence-corrected chi connectivity index (χ4v) is 2.04. The van der Waals surface area contributed by atoms with E-state index in [-0.39, 0.29) is 13.0 Å². The van der Waals surface area contributed by atoms with Crippen molar-refractivity contribution < 1.29 is 15.0 Å². The van der Waals surface area contributed by atoms with E-state index in [1.165, 1.54) is 5.56 Å². The van der Waals surface area contributed by atoms with Gasteiger partial charge in [-0.3, -0.25) is 9.69 Å². The lowest BCUT2D eigenvalue weighted by Gasteiger charge is -2.21. The van der Waals surface area contributed by atoms with Crippen LogP contribution < -0.4 is 0 Å². The van der Waals surface area contributed by atoms with E-state index in [1.807, 2.05) is 18.2 Å². The number of unbranched alkanes of at least 4 members (excludes halogenated alkanes) is 2. The van der Waals surface area contributed by atoms with E-state index < -0.39 is 5.97 Å². The van der Waals surface area contributed by atoms with Gasteiger partial charge in [0, 0.05) is 19.5 Å². The first-order valence-electron chi connectivity index (χ1n) is 6.81. The molecule has 1 aromatic rings. The molecule has 0 amide bonds. The highest BCUT2D eigenvalue weighted by Crippen LogP contribution is 2.07. The minimum atomic E-state index is -0.725. The smallest absolute Gasteiger partial charge is 0.303 e. The largest absolute Gasteiger partial charge is 0.481 e. The number of carboxylic acids is 1. The number of aliphatic hydroxyl groups is 1. The molecule has 0 bridgehead atoms. The van der Waals surface area contributed by atoms with Crippen molar-refractivity contribution in [1.82, 2.24) is 4.90 Å². The zero-order chi connectivity index (χ0) is 13.9. The second kappa shape index (κ2) is 9.53. The molecule has 1 rings (SSSR count). The number of aliphatic carboxylic acids is 1. The number of benzene rings is 1. The molecule has 1 aromatic carbocycles. The molecular weight excluding hydrogens is 242 g/mol. The summed E-state index contributed by atoms with van der Waals surface area (Å²) in [5.74, 6) is -0.725. The van der Waals surface area contributed by atoms with E-state index in [9.17, 15) is 4.79 Å².